The van der Waals surface area contributed by atoms with Crippen LogP contribution in [-0.4, -0.2) is 30.3 Å². The van der Waals surface area contributed by atoms with E-state index in [2.05, 4.69) is 5.32 Å². The van der Waals surface area contributed by atoms with Crippen LogP contribution in [0.15, 0.2) is 18.2 Å². The highest BCUT2D eigenvalue weighted by molar-refractivity contribution is 6.31. The molecule has 1 rings (SSSR count). The second-order valence-electron chi connectivity index (χ2n) is 5.45. The number of unbranched alkanes of at least 4 members (excludes halogenated alkanes) is 2. The molecule has 8 heteroatoms. The van der Waals surface area contributed by atoms with Crippen LogP contribution in [0.2, 0.25) is 5.02 Å². The fourth-order valence-corrected chi connectivity index (χ4v) is 2.27. The molecule has 1 N–H and O–H groups in total. The summed E-state index contributed by atoms with van der Waals surface area (Å²) in [5, 5.41) is 1.90. The highest BCUT2D eigenvalue weighted by Crippen LogP contribution is 2.36. The van der Waals surface area contributed by atoms with Gasteiger partial charge in [0, 0.05) is 19.2 Å². The topological polar surface area (TPSA) is 49.4 Å². The second kappa shape index (κ2) is 8.92. The van der Waals surface area contributed by atoms with E-state index in [1.807, 2.05) is 6.92 Å². The fraction of sp³-hybridized carbons (Fsp3) is 0.500. The van der Waals surface area contributed by atoms with Crippen LogP contribution in [0.5, 0.6) is 0 Å². The number of nitrogens with zero attached hydrogens (tertiary/aromatic N) is 1. The van der Waals surface area contributed by atoms with Crippen LogP contribution in [-0.2, 0) is 15.8 Å². The van der Waals surface area contributed by atoms with Gasteiger partial charge in [-0.1, -0.05) is 31.4 Å². The highest BCUT2D eigenvalue weighted by atomic mass is 35.5. The van der Waals surface area contributed by atoms with Crippen LogP contribution in [0.1, 0.15) is 38.2 Å². The number of benzene rings is 1. The number of carbonyl (C=O) groups is 2. The maximum atomic E-state index is 12.8. The van der Waals surface area contributed by atoms with Gasteiger partial charge in [0.2, 0.25) is 11.8 Å². The van der Waals surface area contributed by atoms with Gasteiger partial charge in [-0.15, -0.1) is 0 Å². The number of likely N-dealkylation sites (N-methyl/N-ethyl adjacent to an activating group) is 1. The minimum absolute atomic E-state index is 0.0245. The minimum Gasteiger partial charge on any atom is -0.336 e. The lowest BCUT2D eigenvalue weighted by atomic mass is 10.2. The molecule has 0 saturated carbocycles. The lowest BCUT2D eigenvalue weighted by Gasteiger charge is -2.17. The summed E-state index contributed by atoms with van der Waals surface area (Å²) in [6, 6.07) is 3.11. The van der Waals surface area contributed by atoms with Crippen LogP contribution in [0, 0.1) is 0 Å². The summed E-state index contributed by atoms with van der Waals surface area (Å²) >= 11 is 5.52. The van der Waals surface area contributed by atoms with E-state index in [0.29, 0.717) is 6.42 Å². The summed E-state index contributed by atoms with van der Waals surface area (Å²) in [7, 11) is 1.48. The molecule has 0 aliphatic rings. The number of alkyl halides is 3. The van der Waals surface area contributed by atoms with Crippen LogP contribution in [0.4, 0.5) is 18.9 Å². The van der Waals surface area contributed by atoms with E-state index in [1.54, 1.807) is 0 Å². The summed E-state index contributed by atoms with van der Waals surface area (Å²) in [6.07, 6.45) is -1.61. The van der Waals surface area contributed by atoms with Gasteiger partial charge in [0.05, 0.1) is 17.1 Å². The molecule has 0 aromatic heterocycles. The first-order chi connectivity index (χ1) is 11.1. The molecule has 0 saturated heterocycles. The summed E-state index contributed by atoms with van der Waals surface area (Å²) in [6.45, 7) is 1.79. The molecule has 0 aliphatic heterocycles. The summed E-state index contributed by atoms with van der Waals surface area (Å²) < 4.78 is 38.3. The monoisotopic (exact) mass is 364 g/mol. The van der Waals surface area contributed by atoms with Gasteiger partial charge in [-0.2, -0.15) is 13.2 Å². The number of hydrogen-bond donors (Lipinski definition) is 1. The maximum Gasteiger partial charge on any atom is 0.417 e. The zero-order valence-electron chi connectivity index (χ0n) is 13.5. The van der Waals surface area contributed by atoms with Gasteiger partial charge in [0.15, 0.2) is 0 Å². The lowest BCUT2D eigenvalue weighted by molar-refractivity contribution is -0.137. The van der Waals surface area contributed by atoms with Gasteiger partial charge >= 0.3 is 6.18 Å². The summed E-state index contributed by atoms with van der Waals surface area (Å²) in [4.78, 5) is 25.0. The quantitative estimate of drug-likeness (QED) is 0.732. The van der Waals surface area contributed by atoms with Crippen molar-refractivity contribution in [2.75, 3.05) is 18.9 Å². The zero-order valence-corrected chi connectivity index (χ0v) is 14.3. The molecule has 0 unspecified atom stereocenters. The minimum atomic E-state index is -4.61. The lowest BCUT2D eigenvalue weighted by Crippen LogP contribution is -2.34. The molecular weight excluding hydrogens is 345 g/mol. The van der Waals surface area contributed by atoms with Crippen molar-refractivity contribution in [3.63, 3.8) is 0 Å². The van der Waals surface area contributed by atoms with Gasteiger partial charge in [0.25, 0.3) is 0 Å². The van der Waals surface area contributed by atoms with Crippen molar-refractivity contribution in [3.8, 4) is 0 Å². The predicted octanol–water partition coefficient (Wildman–Crippen LogP) is 4.34. The standard InChI is InChI=1S/C16H20ClF3N2O2/c1-3-4-5-6-15(24)22(2)10-14(23)21-11-7-8-13(17)12(9-11)16(18,19)20/h7-9H,3-6,10H2,1-2H3,(H,21,23). The number of hydrogen-bond acceptors (Lipinski definition) is 2. The smallest absolute Gasteiger partial charge is 0.336 e. The molecule has 0 spiro atoms. The van der Waals surface area contributed by atoms with E-state index < -0.39 is 22.7 Å². The molecular formula is C16H20ClF3N2O2. The molecule has 0 fully saturated rings. The van der Waals surface area contributed by atoms with Crippen LogP contribution in [0.3, 0.4) is 0 Å². The van der Waals surface area contributed by atoms with Crippen LogP contribution < -0.4 is 5.32 Å². The van der Waals surface area contributed by atoms with Crippen molar-refractivity contribution >= 4 is 29.1 Å². The van der Waals surface area contributed by atoms with Crippen molar-refractivity contribution < 1.29 is 22.8 Å². The first-order valence-electron chi connectivity index (χ1n) is 7.55. The Morgan fingerprint density at radius 2 is 1.92 bits per heavy atom. The largest absolute Gasteiger partial charge is 0.417 e. The Hall–Kier alpha value is -1.76. The molecule has 0 atom stereocenters. The summed E-state index contributed by atoms with van der Waals surface area (Å²) in [5.74, 6) is -0.748. The highest BCUT2D eigenvalue weighted by Gasteiger charge is 2.33. The van der Waals surface area contributed by atoms with Crippen LogP contribution >= 0.6 is 11.6 Å². The molecule has 134 valence electrons. The molecule has 2 amide bonds. The number of rotatable bonds is 7. The van der Waals surface area contributed by atoms with E-state index in [9.17, 15) is 22.8 Å². The van der Waals surface area contributed by atoms with Crippen molar-refractivity contribution in [2.24, 2.45) is 0 Å². The zero-order chi connectivity index (χ0) is 18.3. The Labute approximate surface area is 144 Å². The van der Waals surface area contributed by atoms with Crippen molar-refractivity contribution in [3.05, 3.63) is 28.8 Å². The average Bonchev–Trinajstić information content (AvgIpc) is 2.48. The Bertz CT molecular complexity index is 591. The first-order valence-corrected chi connectivity index (χ1v) is 7.93. The van der Waals surface area contributed by atoms with E-state index >= 15 is 0 Å². The molecule has 1 aromatic carbocycles. The van der Waals surface area contributed by atoms with Crippen LogP contribution in [0.25, 0.3) is 0 Å². The second-order valence-corrected chi connectivity index (χ2v) is 5.85. The number of anilines is 1. The Kier molecular flexibility index (Phi) is 7.54. The predicted molar refractivity (Wildman–Crippen MR) is 86.9 cm³/mol. The number of nitrogens with one attached hydrogen (secondary N) is 1. The molecule has 0 radical (unpaired) electrons. The van der Waals surface area contributed by atoms with Crippen molar-refractivity contribution in [1.82, 2.24) is 4.90 Å². The molecule has 24 heavy (non-hydrogen) atoms. The third kappa shape index (κ3) is 6.39. The molecule has 0 heterocycles. The molecule has 1 aromatic rings. The molecule has 0 bridgehead atoms. The molecule has 4 nitrogen and oxygen atoms in total. The maximum absolute atomic E-state index is 12.8. The first kappa shape index (κ1) is 20.3. The number of halogens is 4. The SMILES string of the molecule is CCCCCC(=O)N(C)CC(=O)Nc1ccc(Cl)c(C(F)(F)F)c1. The van der Waals surface area contributed by atoms with Gasteiger partial charge < -0.3 is 10.2 Å². The third-order valence-electron chi connectivity index (χ3n) is 3.36. The third-order valence-corrected chi connectivity index (χ3v) is 3.69. The van der Waals surface area contributed by atoms with Crippen molar-refractivity contribution in [1.29, 1.82) is 0 Å². The number of carbonyl (C=O) groups excluding carboxylic acids is 2. The Morgan fingerprint density at radius 1 is 1.25 bits per heavy atom. The average molecular weight is 365 g/mol. The van der Waals surface area contributed by atoms with Crippen molar-refractivity contribution in [2.45, 2.75) is 38.8 Å². The van der Waals surface area contributed by atoms with Gasteiger partial charge in [-0.05, 0) is 24.6 Å². The number of amides is 2. The van der Waals surface area contributed by atoms with E-state index in [4.69, 9.17) is 11.6 Å². The Morgan fingerprint density at radius 3 is 2.50 bits per heavy atom. The molecule has 0 aliphatic carbocycles. The van der Waals surface area contributed by atoms with Gasteiger partial charge in [-0.25, -0.2) is 0 Å². The van der Waals surface area contributed by atoms with E-state index in [-0.39, 0.29) is 18.1 Å². The fourth-order valence-electron chi connectivity index (χ4n) is 2.04. The van der Waals surface area contributed by atoms with Gasteiger partial charge in [0.1, 0.15) is 0 Å². The van der Waals surface area contributed by atoms with Gasteiger partial charge in [-0.3, -0.25) is 9.59 Å². The normalized spacial score (nSPS) is 11.2. The van der Waals surface area contributed by atoms with E-state index in [0.717, 1.165) is 31.4 Å². The summed E-state index contributed by atoms with van der Waals surface area (Å²) in [5.41, 5.74) is -1.05. The Balaban J connectivity index is 2.64. The van der Waals surface area contributed by atoms with E-state index in [1.165, 1.54) is 18.0 Å².